The molecule has 1 aromatic heterocycles. The van der Waals surface area contributed by atoms with Crippen molar-refractivity contribution in [2.45, 2.75) is 6.61 Å². The Labute approximate surface area is 110 Å². The number of nitrogens with zero attached hydrogens (tertiary/aromatic N) is 2. The zero-order chi connectivity index (χ0) is 13.8. The molecular weight excluding hydrogens is 246 g/mol. The lowest BCUT2D eigenvalue weighted by atomic mass is 10.1. The summed E-state index contributed by atoms with van der Waals surface area (Å²) < 4.78 is 10.4. The number of ether oxygens (including phenoxy) is 2. The van der Waals surface area contributed by atoms with Gasteiger partial charge in [0, 0.05) is 11.8 Å². The summed E-state index contributed by atoms with van der Waals surface area (Å²) in [5, 5.41) is 9.06. The zero-order valence-corrected chi connectivity index (χ0v) is 10.8. The number of rotatable bonds is 4. The first-order valence-corrected chi connectivity index (χ1v) is 5.64. The summed E-state index contributed by atoms with van der Waals surface area (Å²) in [5.74, 6) is 1.96. The van der Waals surface area contributed by atoms with Gasteiger partial charge in [-0.1, -0.05) is 0 Å². The lowest BCUT2D eigenvalue weighted by molar-refractivity contribution is 0.281. The third kappa shape index (κ3) is 2.58. The lowest BCUT2D eigenvalue weighted by Crippen LogP contribution is -2.02. The molecular formula is C13H15N3O3. The number of anilines is 1. The molecule has 3 N–H and O–H groups in total. The largest absolute Gasteiger partial charge is 0.497 e. The Balaban J connectivity index is 2.53. The van der Waals surface area contributed by atoms with Crippen LogP contribution in [-0.4, -0.2) is 29.3 Å². The monoisotopic (exact) mass is 261 g/mol. The topological polar surface area (TPSA) is 90.5 Å². The summed E-state index contributed by atoms with van der Waals surface area (Å²) in [5.41, 5.74) is 6.92. The van der Waals surface area contributed by atoms with Crippen LogP contribution in [-0.2, 0) is 6.61 Å². The Hall–Kier alpha value is -2.34. The average Bonchev–Trinajstić information content (AvgIpc) is 2.46. The van der Waals surface area contributed by atoms with E-state index in [9.17, 15) is 0 Å². The molecule has 1 heterocycles. The van der Waals surface area contributed by atoms with E-state index in [0.29, 0.717) is 28.5 Å². The fourth-order valence-electron chi connectivity index (χ4n) is 1.66. The SMILES string of the molecule is COc1ccc(OC)c(-c2ncc(CO)c(N)n2)c1. The maximum atomic E-state index is 9.06. The Morgan fingerprint density at radius 2 is 2.05 bits per heavy atom. The van der Waals surface area contributed by atoms with Crippen LogP contribution >= 0.6 is 0 Å². The standard InChI is InChI=1S/C13H15N3O3/c1-18-9-3-4-11(19-2)10(5-9)13-15-6-8(7-17)12(14)16-13/h3-6,17H,7H2,1-2H3,(H2,14,15,16). The molecule has 0 atom stereocenters. The van der Waals surface area contributed by atoms with Gasteiger partial charge in [0.25, 0.3) is 0 Å². The van der Waals surface area contributed by atoms with E-state index >= 15 is 0 Å². The van der Waals surface area contributed by atoms with Crippen molar-refractivity contribution in [2.24, 2.45) is 0 Å². The summed E-state index contributed by atoms with van der Waals surface area (Å²) in [6.45, 7) is -0.193. The first kappa shape index (κ1) is 13.1. The summed E-state index contributed by atoms with van der Waals surface area (Å²) in [4.78, 5) is 8.35. The predicted octanol–water partition coefficient (Wildman–Crippen LogP) is 1.24. The molecule has 19 heavy (non-hydrogen) atoms. The van der Waals surface area contributed by atoms with Crippen molar-refractivity contribution in [3.05, 3.63) is 30.0 Å². The van der Waals surface area contributed by atoms with Gasteiger partial charge >= 0.3 is 0 Å². The van der Waals surface area contributed by atoms with Gasteiger partial charge in [-0.05, 0) is 18.2 Å². The fourth-order valence-corrected chi connectivity index (χ4v) is 1.66. The molecule has 0 amide bonds. The Morgan fingerprint density at radius 3 is 2.63 bits per heavy atom. The van der Waals surface area contributed by atoms with Crippen molar-refractivity contribution in [3.8, 4) is 22.9 Å². The third-order valence-electron chi connectivity index (χ3n) is 2.72. The van der Waals surface area contributed by atoms with Crippen LogP contribution in [0.4, 0.5) is 5.82 Å². The molecule has 0 unspecified atom stereocenters. The van der Waals surface area contributed by atoms with Gasteiger partial charge in [-0.15, -0.1) is 0 Å². The second-order valence-corrected chi connectivity index (χ2v) is 3.83. The van der Waals surface area contributed by atoms with Gasteiger partial charge in [-0.3, -0.25) is 0 Å². The van der Waals surface area contributed by atoms with Crippen molar-refractivity contribution < 1.29 is 14.6 Å². The summed E-state index contributed by atoms with van der Waals surface area (Å²) in [6, 6.07) is 5.33. The molecule has 0 saturated heterocycles. The number of hydrogen-bond acceptors (Lipinski definition) is 6. The molecule has 0 fully saturated rings. The number of aliphatic hydroxyl groups excluding tert-OH is 1. The Kier molecular flexibility index (Phi) is 3.82. The number of nitrogens with two attached hydrogens (primary N) is 1. The minimum absolute atomic E-state index is 0.193. The van der Waals surface area contributed by atoms with E-state index in [-0.39, 0.29) is 12.4 Å². The molecule has 2 rings (SSSR count). The van der Waals surface area contributed by atoms with Gasteiger partial charge in [0.05, 0.1) is 26.4 Å². The number of aromatic nitrogens is 2. The van der Waals surface area contributed by atoms with E-state index in [0.717, 1.165) is 0 Å². The van der Waals surface area contributed by atoms with Crippen molar-refractivity contribution in [2.75, 3.05) is 20.0 Å². The van der Waals surface area contributed by atoms with Gasteiger partial charge in [0.2, 0.25) is 0 Å². The van der Waals surface area contributed by atoms with E-state index < -0.39 is 0 Å². The van der Waals surface area contributed by atoms with Crippen LogP contribution in [0.5, 0.6) is 11.5 Å². The van der Waals surface area contributed by atoms with Crippen molar-refractivity contribution in [1.29, 1.82) is 0 Å². The summed E-state index contributed by atoms with van der Waals surface area (Å²) >= 11 is 0. The molecule has 0 spiro atoms. The van der Waals surface area contributed by atoms with Crippen LogP contribution in [0.1, 0.15) is 5.56 Å². The fraction of sp³-hybridized carbons (Fsp3) is 0.231. The summed E-state index contributed by atoms with van der Waals surface area (Å²) in [7, 11) is 3.15. The molecule has 100 valence electrons. The molecule has 0 saturated carbocycles. The van der Waals surface area contributed by atoms with E-state index in [2.05, 4.69) is 9.97 Å². The van der Waals surface area contributed by atoms with Crippen molar-refractivity contribution >= 4 is 5.82 Å². The highest BCUT2D eigenvalue weighted by Gasteiger charge is 2.12. The minimum Gasteiger partial charge on any atom is -0.497 e. The van der Waals surface area contributed by atoms with E-state index in [1.165, 1.54) is 6.20 Å². The molecule has 0 aliphatic rings. The zero-order valence-electron chi connectivity index (χ0n) is 10.8. The van der Waals surface area contributed by atoms with Gasteiger partial charge < -0.3 is 20.3 Å². The maximum absolute atomic E-state index is 9.06. The quantitative estimate of drug-likeness (QED) is 0.860. The Morgan fingerprint density at radius 1 is 1.26 bits per heavy atom. The third-order valence-corrected chi connectivity index (χ3v) is 2.72. The molecule has 2 aromatic rings. The maximum Gasteiger partial charge on any atom is 0.165 e. The number of benzene rings is 1. The number of nitrogen functional groups attached to an aromatic ring is 1. The van der Waals surface area contributed by atoms with Crippen molar-refractivity contribution in [1.82, 2.24) is 9.97 Å². The normalized spacial score (nSPS) is 10.3. The minimum atomic E-state index is -0.193. The van der Waals surface area contributed by atoms with E-state index in [1.54, 1.807) is 32.4 Å². The molecule has 0 aliphatic carbocycles. The van der Waals surface area contributed by atoms with Crippen LogP contribution in [0.2, 0.25) is 0 Å². The second kappa shape index (κ2) is 5.53. The van der Waals surface area contributed by atoms with Crippen LogP contribution in [0.15, 0.2) is 24.4 Å². The molecule has 6 heteroatoms. The summed E-state index contributed by atoms with van der Waals surface area (Å²) in [6.07, 6.45) is 1.50. The van der Waals surface area contributed by atoms with Crippen LogP contribution < -0.4 is 15.2 Å². The molecule has 6 nitrogen and oxygen atoms in total. The van der Waals surface area contributed by atoms with Crippen LogP contribution in [0.3, 0.4) is 0 Å². The number of methoxy groups -OCH3 is 2. The van der Waals surface area contributed by atoms with Gasteiger partial charge in [0.15, 0.2) is 5.82 Å². The lowest BCUT2D eigenvalue weighted by Gasteiger charge is -2.10. The highest BCUT2D eigenvalue weighted by atomic mass is 16.5. The van der Waals surface area contributed by atoms with Crippen LogP contribution in [0.25, 0.3) is 11.4 Å². The number of aliphatic hydroxyl groups is 1. The highest BCUT2D eigenvalue weighted by molar-refractivity contribution is 5.67. The van der Waals surface area contributed by atoms with Crippen molar-refractivity contribution in [3.63, 3.8) is 0 Å². The van der Waals surface area contributed by atoms with Crippen LogP contribution in [0, 0.1) is 0 Å². The molecule has 0 aliphatic heterocycles. The van der Waals surface area contributed by atoms with Gasteiger partial charge in [0.1, 0.15) is 17.3 Å². The number of hydrogen-bond donors (Lipinski definition) is 2. The molecule has 1 aromatic carbocycles. The van der Waals surface area contributed by atoms with E-state index in [1.807, 2.05) is 0 Å². The predicted molar refractivity (Wildman–Crippen MR) is 70.9 cm³/mol. The van der Waals surface area contributed by atoms with E-state index in [4.69, 9.17) is 20.3 Å². The highest BCUT2D eigenvalue weighted by Crippen LogP contribution is 2.31. The first-order chi connectivity index (χ1) is 9.19. The first-order valence-electron chi connectivity index (χ1n) is 5.64. The van der Waals surface area contributed by atoms with Gasteiger partial charge in [-0.25, -0.2) is 9.97 Å². The molecule has 0 radical (unpaired) electrons. The Bertz CT molecular complexity index is 587. The average molecular weight is 261 g/mol. The smallest absolute Gasteiger partial charge is 0.165 e. The van der Waals surface area contributed by atoms with Gasteiger partial charge in [-0.2, -0.15) is 0 Å². The molecule has 0 bridgehead atoms. The second-order valence-electron chi connectivity index (χ2n) is 3.83.